The summed E-state index contributed by atoms with van der Waals surface area (Å²) >= 11 is 0. The molecule has 0 saturated carbocycles. The van der Waals surface area contributed by atoms with Crippen molar-refractivity contribution < 1.29 is 9.18 Å². The summed E-state index contributed by atoms with van der Waals surface area (Å²) in [4.78, 5) is 15.2. The van der Waals surface area contributed by atoms with Gasteiger partial charge in [0.2, 0.25) is 0 Å². The van der Waals surface area contributed by atoms with E-state index in [0.29, 0.717) is 5.57 Å². The number of hydrogen-bond acceptors (Lipinski definition) is 3. The summed E-state index contributed by atoms with van der Waals surface area (Å²) in [5.74, 6) is -0.227. The van der Waals surface area contributed by atoms with Gasteiger partial charge in [0.25, 0.3) is 0 Å². The number of allylic oxidation sites excluding steroid dienone is 1. The highest BCUT2D eigenvalue weighted by atomic mass is 19.1. The Kier molecular flexibility index (Phi) is 3.99. The summed E-state index contributed by atoms with van der Waals surface area (Å²) in [5, 5.41) is 2.96. The summed E-state index contributed by atoms with van der Waals surface area (Å²) in [7, 11) is 1.77. The van der Waals surface area contributed by atoms with Crippen molar-refractivity contribution in [3.05, 3.63) is 47.3 Å². The van der Waals surface area contributed by atoms with Crippen LogP contribution in [0.25, 0.3) is 0 Å². The molecule has 94 valence electrons. The Morgan fingerprint density at radius 3 is 2.61 bits per heavy atom. The SMILES string of the molecule is CNC1N=C(CCc2ccc(F)cc2)C=C1C=O. The number of hydrogen-bond donors (Lipinski definition) is 1. The van der Waals surface area contributed by atoms with Gasteiger partial charge in [0.15, 0.2) is 0 Å². The quantitative estimate of drug-likeness (QED) is 0.806. The van der Waals surface area contributed by atoms with Gasteiger partial charge in [-0.2, -0.15) is 0 Å². The molecule has 1 aliphatic heterocycles. The number of aryl methyl sites for hydroxylation is 1. The van der Waals surface area contributed by atoms with Crippen molar-refractivity contribution in [2.24, 2.45) is 4.99 Å². The van der Waals surface area contributed by atoms with Crippen molar-refractivity contribution in [2.75, 3.05) is 7.05 Å². The Balaban J connectivity index is 1.97. The Morgan fingerprint density at radius 2 is 2.06 bits per heavy atom. The molecule has 18 heavy (non-hydrogen) atoms. The first-order chi connectivity index (χ1) is 8.72. The molecule has 0 saturated heterocycles. The maximum Gasteiger partial charge on any atom is 0.149 e. The van der Waals surface area contributed by atoms with E-state index in [4.69, 9.17) is 0 Å². The van der Waals surface area contributed by atoms with E-state index in [1.54, 1.807) is 19.2 Å². The minimum Gasteiger partial charge on any atom is -0.298 e. The van der Waals surface area contributed by atoms with Crippen LogP contribution in [0, 0.1) is 5.82 Å². The topological polar surface area (TPSA) is 41.5 Å². The lowest BCUT2D eigenvalue weighted by Crippen LogP contribution is -2.23. The Morgan fingerprint density at radius 1 is 1.33 bits per heavy atom. The molecule has 0 radical (unpaired) electrons. The zero-order chi connectivity index (χ0) is 13.0. The number of nitrogens with one attached hydrogen (secondary N) is 1. The average molecular weight is 246 g/mol. The number of aliphatic imine (C=N–C) groups is 1. The van der Waals surface area contributed by atoms with Gasteiger partial charge in [-0.25, -0.2) is 4.39 Å². The van der Waals surface area contributed by atoms with Crippen molar-refractivity contribution in [1.29, 1.82) is 0 Å². The van der Waals surface area contributed by atoms with E-state index in [1.165, 1.54) is 12.1 Å². The van der Waals surface area contributed by atoms with Crippen LogP contribution in [0.4, 0.5) is 4.39 Å². The zero-order valence-corrected chi connectivity index (χ0v) is 10.2. The third-order valence-corrected chi connectivity index (χ3v) is 2.94. The highest BCUT2D eigenvalue weighted by Crippen LogP contribution is 2.14. The smallest absolute Gasteiger partial charge is 0.149 e. The van der Waals surface area contributed by atoms with Gasteiger partial charge in [-0.15, -0.1) is 0 Å². The van der Waals surface area contributed by atoms with E-state index in [1.807, 2.05) is 6.08 Å². The highest BCUT2D eigenvalue weighted by molar-refractivity contribution is 6.02. The van der Waals surface area contributed by atoms with E-state index < -0.39 is 0 Å². The monoisotopic (exact) mass is 246 g/mol. The molecule has 0 aromatic heterocycles. The molecule has 1 aromatic carbocycles. The van der Waals surface area contributed by atoms with Crippen LogP contribution in [0.5, 0.6) is 0 Å². The zero-order valence-electron chi connectivity index (χ0n) is 10.2. The summed E-state index contributed by atoms with van der Waals surface area (Å²) < 4.78 is 12.7. The summed E-state index contributed by atoms with van der Waals surface area (Å²) in [6.07, 6.45) is 3.97. The fraction of sp³-hybridized carbons (Fsp3) is 0.286. The molecule has 1 unspecified atom stereocenters. The molecule has 3 nitrogen and oxygen atoms in total. The first-order valence-electron chi connectivity index (χ1n) is 5.88. The van der Waals surface area contributed by atoms with Crippen LogP contribution in [0.1, 0.15) is 12.0 Å². The van der Waals surface area contributed by atoms with Crippen molar-refractivity contribution in [3.63, 3.8) is 0 Å². The number of aldehydes is 1. The first-order valence-corrected chi connectivity index (χ1v) is 5.88. The van der Waals surface area contributed by atoms with Crippen LogP contribution in [0.15, 0.2) is 40.9 Å². The van der Waals surface area contributed by atoms with E-state index in [0.717, 1.165) is 30.4 Å². The van der Waals surface area contributed by atoms with Crippen molar-refractivity contribution in [2.45, 2.75) is 19.0 Å². The maximum absolute atomic E-state index is 12.7. The molecule has 1 N–H and O–H groups in total. The van der Waals surface area contributed by atoms with Gasteiger partial charge in [0.05, 0.1) is 0 Å². The predicted octanol–water partition coefficient (Wildman–Crippen LogP) is 1.88. The Labute approximate surface area is 105 Å². The van der Waals surface area contributed by atoms with Gasteiger partial charge in [-0.05, 0) is 43.7 Å². The van der Waals surface area contributed by atoms with Crippen molar-refractivity contribution in [1.82, 2.24) is 5.32 Å². The van der Waals surface area contributed by atoms with Crippen LogP contribution in [0.3, 0.4) is 0 Å². The number of nitrogens with zero attached hydrogens (tertiary/aromatic N) is 1. The van der Waals surface area contributed by atoms with Crippen molar-refractivity contribution >= 4 is 12.0 Å². The second-order valence-electron chi connectivity index (χ2n) is 4.20. The number of carbonyl (C=O) groups is 1. The molecule has 2 rings (SSSR count). The molecule has 1 aliphatic rings. The number of carbonyl (C=O) groups excluding carboxylic acids is 1. The normalized spacial score (nSPS) is 18.4. The van der Waals surface area contributed by atoms with Crippen LogP contribution in [0.2, 0.25) is 0 Å². The molecule has 0 bridgehead atoms. The van der Waals surface area contributed by atoms with Gasteiger partial charge in [0.1, 0.15) is 18.3 Å². The Bertz CT molecular complexity index is 491. The molecular weight excluding hydrogens is 231 g/mol. The molecule has 0 aliphatic carbocycles. The second kappa shape index (κ2) is 5.69. The van der Waals surface area contributed by atoms with Crippen LogP contribution in [-0.2, 0) is 11.2 Å². The molecule has 1 aromatic rings. The van der Waals surface area contributed by atoms with E-state index in [-0.39, 0.29) is 12.0 Å². The van der Waals surface area contributed by atoms with Crippen LogP contribution < -0.4 is 5.32 Å². The van der Waals surface area contributed by atoms with E-state index >= 15 is 0 Å². The summed E-state index contributed by atoms with van der Waals surface area (Å²) in [5.41, 5.74) is 2.63. The van der Waals surface area contributed by atoms with Gasteiger partial charge in [-0.3, -0.25) is 15.1 Å². The number of benzene rings is 1. The Hall–Kier alpha value is -1.81. The van der Waals surface area contributed by atoms with Gasteiger partial charge in [0, 0.05) is 11.3 Å². The number of halogens is 1. The summed E-state index contributed by atoms with van der Waals surface area (Å²) in [6.45, 7) is 0. The van der Waals surface area contributed by atoms with Gasteiger partial charge in [-0.1, -0.05) is 12.1 Å². The second-order valence-corrected chi connectivity index (χ2v) is 4.20. The van der Waals surface area contributed by atoms with Crippen molar-refractivity contribution in [3.8, 4) is 0 Å². The maximum atomic E-state index is 12.7. The molecule has 0 amide bonds. The standard InChI is InChI=1S/C14H15FN2O/c1-16-14-11(9-18)8-13(17-14)7-4-10-2-5-12(15)6-3-10/h2-3,5-6,8-9,14,16H,4,7H2,1H3. The van der Waals surface area contributed by atoms with E-state index in [9.17, 15) is 9.18 Å². The van der Waals surface area contributed by atoms with Gasteiger partial charge < -0.3 is 0 Å². The lowest BCUT2D eigenvalue weighted by Gasteiger charge is -2.04. The predicted molar refractivity (Wildman–Crippen MR) is 69.2 cm³/mol. The first kappa shape index (κ1) is 12.6. The van der Waals surface area contributed by atoms with Crippen LogP contribution >= 0.6 is 0 Å². The van der Waals surface area contributed by atoms with Gasteiger partial charge >= 0.3 is 0 Å². The lowest BCUT2D eigenvalue weighted by molar-refractivity contribution is -0.105. The third-order valence-electron chi connectivity index (χ3n) is 2.94. The molecule has 4 heteroatoms. The van der Waals surface area contributed by atoms with E-state index in [2.05, 4.69) is 10.3 Å². The third kappa shape index (κ3) is 2.90. The minimum absolute atomic E-state index is 0.217. The minimum atomic E-state index is -0.227. The molecular formula is C14H15FN2O. The fourth-order valence-corrected chi connectivity index (χ4v) is 1.94. The summed E-state index contributed by atoms with van der Waals surface area (Å²) in [6, 6.07) is 6.44. The lowest BCUT2D eigenvalue weighted by atomic mass is 10.1. The molecule has 1 heterocycles. The number of likely N-dealkylation sites (N-methyl/N-ethyl adjacent to an activating group) is 1. The number of rotatable bonds is 5. The average Bonchev–Trinajstić information content (AvgIpc) is 2.80. The molecule has 0 spiro atoms. The molecule has 0 fully saturated rings. The largest absolute Gasteiger partial charge is 0.298 e. The van der Waals surface area contributed by atoms with Crippen LogP contribution in [-0.4, -0.2) is 25.2 Å². The molecule has 1 atom stereocenters. The highest BCUT2D eigenvalue weighted by Gasteiger charge is 2.17. The fourth-order valence-electron chi connectivity index (χ4n) is 1.94.